The number of anilines is 1. The van der Waals surface area contributed by atoms with Crippen LogP contribution in [0.1, 0.15) is 38.1 Å². The molecule has 3 aromatic rings. The van der Waals surface area contributed by atoms with E-state index in [4.69, 9.17) is 10.1 Å². The molecule has 202 valence electrons. The second-order valence-corrected chi connectivity index (χ2v) is 9.65. The van der Waals surface area contributed by atoms with Crippen molar-refractivity contribution in [1.82, 2.24) is 24.8 Å². The zero-order valence-electron chi connectivity index (χ0n) is 22.0. The number of para-hydroxylation sites is 1. The lowest BCUT2D eigenvalue weighted by atomic mass is 10.0. The lowest BCUT2D eigenvalue weighted by Crippen LogP contribution is -2.44. The standard InChI is InChI=1S/C27H34N6O5/c1-17(2)15-18-9-7-11-19-24(18)31-22(28-19)16-33-14-8-12-21(26(33)36)29-25(35)20(30-27(37)38)10-5-6-13-23(34)32(3)4/h6-9,11-14,17,20,30H,5,10,15-16H2,1-4H3,(H,28,31)(H,29,35)(H,37,38)/b13-6+/t20-/m1/s1. The number of carboxylic acid groups (broad SMARTS) is 1. The Hall–Kier alpha value is -4.41. The minimum atomic E-state index is -1.37. The van der Waals surface area contributed by atoms with Gasteiger partial charge in [0.25, 0.3) is 5.56 Å². The number of nitrogens with zero attached hydrogens (tertiary/aromatic N) is 3. The minimum Gasteiger partial charge on any atom is -0.465 e. The molecule has 3 amide bonds. The molecule has 0 spiro atoms. The van der Waals surface area contributed by atoms with Crippen LogP contribution in [-0.2, 0) is 22.6 Å². The van der Waals surface area contributed by atoms with Crippen LogP contribution >= 0.6 is 0 Å². The number of hydrogen-bond donors (Lipinski definition) is 4. The molecule has 0 aliphatic rings. The first-order valence-corrected chi connectivity index (χ1v) is 12.4. The Bertz CT molecular complexity index is 1390. The first kappa shape index (κ1) is 28.2. The van der Waals surface area contributed by atoms with Crippen molar-refractivity contribution in [2.24, 2.45) is 5.92 Å². The van der Waals surface area contributed by atoms with Crippen LogP contribution in [0.3, 0.4) is 0 Å². The van der Waals surface area contributed by atoms with Crippen molar-refractivity contribution < 1.29 is 19.5 Å². The van der Waals surface area contributed by atoms with Crippen molar-refractivity contribution in [3.05, 3.63) is 70.4 Å². The fraction of sp³-hybridized carbons (Fsp3) is 0.370. The Kier molecular flexibility index (Phi) is 9.42. The van der Waals surface area contributed by atoms with Crippen molar-refractivity contribution in [3.8, 4) is 0 Å². The maximum absolute atomic E-state index is 13.1. The number of pyridine rings is 1. The number of carbonyl (C=O) groups excluding carboxylic acids is 2. The molecule has 11 heteroatoms. The molecular formula is C27H34N6O5. The molecule has 0 aliphatic heterocycles. The van der Waals surface area contributed by atoms with E-state index in [-0.39, 0.29) is 31.0 Å². The second kappa shape index (κ2) is 12.7. The van der Waals surface area contributed by atoms with Crippen LogP contribution in [0.25, 0.3) is 11.0 Å². The summed E-state index contributed by atoms with van der Waals surface area (Å²) < 4.78 is 1.42. The number of carbonyl (C=O) groups is 3. The summed E-state index contributed by atoms with van der Waals surface area (Å²) in [5.41, 5.74) is 2.46. The fourth-order valence-electron chi connectivity index (χ4n) is 3.97. The molecule has 2 heterocycles. The van der Waals surface area contributed by atoms with Gasteiger partial charge in [-0.25, -0.2) is 9.78 Å². The van der Waals surface area contributed by atoms with Crippen LogP contribution < -0.4 is 16.2 Å². The highest BCUT2D eigenvalue weighted by molar-refractivity contribution is 5.96. The normalized spacial score (nSPS) is 12.1. The SMILES string of the molecule is CC(C)Cc1cccc2[nH]c(Cn3cccc(NC(=O)[C@@H](CC/C=C/C(=O)N(C)C)NC(=O)O)c3=O)nc12. The number of amides is 3. The van der Waals surface area contributed by atoms with E-state index in [9.17, 15) is 19.2 Å². The van der Waals surface area contributed by atoms with Crippen molar-refractivity contribution in [2.75, 3.05) is 19.4 Å². The summed E-state index contributed by atoms with van der Waals surface area (Å²) in [4.78, 5) is 58.2. The summed E-state index contributed by atoms with van der Waals surface area (Å²) in [7, 11) is 3.22. The number of allylic oxidation sites excluding steroid dienone is 1. The van der Waals surface area contributed by atoms with Crippen LogP contribution in [0.5, 0.6) is 0 Å². The number of rotatable bonds is 11. The first-order valence-electron chi connectivity index (χ1n) is 12.4. The lowest BCUT2D eigenvalue weighted by Gasteiger charge is -2.16. The number of fused-ring (bicyclic) bond motifs is 1. The van der Waals surface area contributed by atoms with Gasteiger partial charge in [-0.2, -0.15) is 0 Å². The van der Waals surface area contributed by atoms with E-state index in [1.807, 2.05) is 18.2 Å². The van der Waals surface area contributed by atoms with Crippen molar-refractivity contribution in [2.45, 2.75) is 45.7 Å². The molecule has 11 nitrogen and oxygen atoms in total. The third-order valence-corrected chi connectivity index (χ3v) is 5.81. The zero-order valence-corrected chi connectivity index (χ0v) is 22.0. The van der Waals surface area contributed by atoms with Crippen LogP contribution in [0, 0.1) is 5.92 Å². The zero-order chi connectivity index (χ0) is 27.8. The Morgan fingerprint density at radius 3 is 2.63 bits per heavy atom. The molecule has 38 heavy (non-hydrogen) atoms. The third kappa shape index (κ3) is 7.55. The first-order chi connectivity index (χ1) is 18.0. The predicted octanol–water partition coefficient (Wildman–Crippen LogP) is 2.97. The number of imidazole rings is 1. The number of likely N-dealkylation sites (N-methyl/N-ethyl adjacent to an activating group) is 1. The Balaban J connectivity index is 1.74. The second-order valence-electron chi connectivity index (χ2n) is 9.65. The quantitative estimate of drug-likeness (QED) is 0.285. The van der Waals surface area contributed by atoms with Gasteiger partial charge in [-0.3, -0.25) is 14.4 Å². The fourth-order valence-corrected chi connectivity index (χ4v) is 3.97. The number of hydrogen-bond acceptors (Lipinski definition) is 5. The summed E-state index contributed by atoms with van der Waals surface area (Å²) in [5, 5.41) is 13.9. The smallest absolute Gasteiger partial charge is 0.405 e. The van der Waals surface area contributed by atoms with Gasteiger partial charge in [0, 0.05) is 20.3 Å². The average Bonchev–Trinajstić information content (AvgIpc) is 3.26. The summed E-state index contributed by atoms with van der Waals surface area (Å²) in [6, 6.07) is 7.93. The van der Waals surface area contributed by atoms with E-state index in [0.29, 0.717) is 11.7 Å². The van der Waals surface area contributed by atoms with E-state index in [2.05, 4.69) is 29.5 Å². The van der Waals surface area contributed by atoms with Gasteiger partial charge < -0.3 is 30.2 Å². The van der Waals surface area contributed by atoms with Crippen LogP contribution in [0.2, 0.25) is 0 Å². The minimum absolute atomic E-state index is 0.0182. The van der Waals surface area contributed by atoms with Gasteiger partial charge in [0.2, 0.25) is 11.8 Å². The van der Waals surface area contributed by atoms with Crippen LogP contribution in [-0.4, -0.2) is 62.6 Å². The van der Waals surface area contributed by atoms with E-state index >= 15 is 0 Å². The van der Waals surface area contributed by atoms with Crippen molar-refractivity contribution in [3.63, 3.8) is 0 Å². The van der Waals surface area contributed by atoms with E-state index in [1.54, 1.807) is 32.4 Å². The molecule has 2 aromatic heterocycles. The molecule has 0 saturated heterocycles. The van der Waals surface area contributed by atoms with Crippen molar-refractivity contribution in [1.29, 1.82) is 0 Å². The number of aromatic nitrogens is 3. The number of H-pyrrole nitrogens is 1. The summed E-state index contributed by atoms with van der Waals surface area (Å²) >= 11 is 0. The van der Waals surface area contributed by atoms with E-state index < -0.39 is 23.6 Å². The average molecular weight is 523 g/mol. The summed E-state index contributed by atoms with van der Waals surface area (Å²) in [6.07, 6.45) is 4.42. The predicted molar refractivity (Wildman–Crippen MR) is 145 cm³/mol. The highest BCUT2D eigenvalue weighted by Crippen LogP contribution is 2.20. The van der Waals surface area contributed by atoms with E-state index in [1.165, 1.54) is 21.6 Å². The molecule has 1 aromatic carbocycles. The molecule has 1 atom stereocenters. The Morgan fingerprint density at radius 1 is 1.18 bits per heavy atom. The lowest BCUT2D eigenvalue weighted by molar-refractivity contribution is -0.123. The maximum atomic E-state index is 13.1. The van der Waals surface area contributed by atoms with Crippen molar-refractivity contribution >= 4 is 34.6 Å². The molecule has 3 rings (SSSR count). The molecule has 0 saturated carbocycles. The highest BCUT2D eigenvalue weighted by atomic mass is 16.4. The van der Waals surface area contributed by atoms with Crippen LogP contribution in [0.15, 0.2) is 53.5 Å². The molecule has 0 aliphatic carbocycles. The Morgan fingerprint density at radius 2 is 1.95 bits per heavy atom. The number of benzene rings is 1. The topological polar surface area (TPSA) is 149 Å². The summed E-state index contributed by atoms with van der Waals surface area (Å²) in [6.45, 7) is 4.45. The molecular weight excluding hydrogens is 488 g/mol. The monoisotopic (exact) mass is 522 g/mol. The highest BCUT2D eigenvalue weighted by Gasteiger charge is 2.21. The van der Waals surface area contributed by atoms with Gasteiger partial charge in [-0.15, -0.1) is 0 Å². The van der Waals surface area contributed by atoms with Gasteiger partial charge in [0.15, 0.2) is 0 Å². The number of nitrogens with one attached hydrogen (secondary N) is 3. The maximum Gasteiger partial charge on any atom is 0.405 e. The third-order valence-electron chi connectivity index (χ3n) is 5.81. The van der Waals surface area contributed by atoms with Gasteiger partial charge >= 0.3 is 6.09 Å². The molecule has 0 bridgehead atoms. The van der Waals surface area contributed by atoms with Gasteiger partial charge in [-0.1, -0.05) is 32.1 Å². The molecule has 4 N–H and O–H groups in total. The van der Waals surface area contributed by atoms with Gasteiger partial charge in [-0.05, 0) is 55.0 Å². The number of aromatic amines is 1. The van der Waals surface area contributed by atoms with Crippen LogP contribution in [0.4, 0.5) is 10.5 Å². The molecule has 0 radical (unpaired) electrons. The summed E-state index contributed by atoms with van der Waals surface area (Å²) in [5.74, 6) is 0.185. The molecule has 0 fully saturated rings. The largest absolute Gasteiger partial charge is 0.465 e. The van der Waals surface area contributed by atoms with E-state index in [0.717, 1.165) is 23.0 Å². The van der Waals surface area contributed by atoms with Gasteiger partial charge in [0.05, 0.1) is 17.6 Å². The Labute approximate surface area is 220 Å². The van der Waals surface area contributed by atoms with Gasteiger partial charge in [0.1, 0.15) is 17.6 Å². The molecule has 0 unspecified atom stereocenters.